The van der Waals surface area contributed by atoms with E-state index >= 15 is 0 Å². The molecule has 1 aliphatic heterocycles. The van der Waals surface area contributed by atoms with Crippen LogP contribution in [0.2, 0.25) is 0 Å². The first-order valence-corrected chi connectivity index (χ1v) is 10.2. The lowest BCUT2D eigenvalue weighted by molar-refractivity contribution is 0.0734. The largest absolute Gasteiger partial charge is 0.423 e. The Bertz CT molecular complexity index is 953. The van der Waals surface area contributed by atoms with Gasteiger partial charge >= 0.3 is 5.97 Å². The van der Waals surface area contributed by atoms with Crippen molar-refractivity contribution in [2.24, 2.45) is 5.92 Å². The van der Waals surface area contributed by atoms with Gasteiger partial charge in [0.2, 0.25) is 10.0 Å². The fourth-order valence-corrected chi connectivity index (χ4v) is 4.37. The number of benzene rings is 2. The average Bonchev–Trinajstić information content (AvgIpc) is 2.69. The van der Waals surface area contributed by atoms with Crippen molar-refractivity contribution in [1.29, 1.82) is 5.26 Å². The summed E-state index contributed by atoms with van der Waals surface area (Å²) in [5.41, 5.74) is 0.724. The van der Waals surface area contributed by atoms with Gasteiger partial charge in [-0.15, -0.1) is 0 Å². The number of ether oxygens (including phenoxy) is 1. The number of esters is 1. The maximum Gasteiger partial charge on any atom is 0.343 e. The number of rotatable bonds is 4. The second-order valence-electron chi connectivity index (χ2n) is 6.64. The van der Waals surface area contributed by atoms with E-state index in [1.54, 1.807) is 12.1 Å². The molecule has 1 saturated heterocycles. The minimum absolute atomic E-state index is 0.173. The summed E-state index contributed by atoms with van der Waals surface area (Å²) in [5.74, 6) is 0.268. The highest BCUT2D eigenvalue weighted by atomic mass is 32.2. The van der Waals surface area contributed by atoms with E-state index in [2.05, 4.69) is 6.92 Å². The summed E-state index contributed by atoms with van der Waals surface area (Å²) in [7, 11) is -3.54. The second-order valence-corrected chi connectivity index (χ2v) is 8.57. The van der Waals surface area contributed by atoms with E-state index < -0.39 is 16.0 Å². The topological polar surface area (TPSA) is 87.5 Å². The molecule has 1 heterocycles. The summed E-state index contributed by atoms with van der Waals surface area (Å²) in [4.78, 5) is 12.4. The molecule has 2 aromatic carbocycles. The van der Waals surface area contributed by atoms with E-state index in [0.717, 1.165) is 12.8 Å². The molecule has 1 fully saturated rings. The molecule has 140 valence electrons. The van der Waals surface area contributed by atoms with Gasteiger partial charge in [-0.2, -0.15) is 9.57 Å². The van der Waals surface area contributed by atoms with Crippen molar-refractivity contribution in [3.63, 3.8) is 0 Å². The smallest absolute Gasteiger partial charge is 0.343 e. The molecular formula is C20H20N2O4S. The zero-order valence-electron chi connectivity index (χ0n) is 15.0. The molecule has 0 bridgehead atoms. The van der Waals surface area contributed by atoms with Crippen LogP contribution in [0.1, 0.15) is 35.7 Å². The number of nitriles is 1. The predicted octanol–water partition coefficient (Wildman–Crippen LogP) is 3.20. The van der Waals surface area contributed by atoms with Gasteiger partial charge in [-0.05, 0) is 67.3 Å². The average molecular weight is 384 g/mol. The van der Waals surface area contributed by atoms with E-state index in [1.807, 2.05) is 6.07 Å². The Morgan fingerprint density at radius 2 is 1.67 bits per heavy atom. The molecule has 1 aliphatic rings. The number of hydrogen-bond donors (Lipinski definition) is 0. The Balaban J connectivity index is 1.70. The van der Waals surface area contributed by atoms with E-state index in [9.17, 15) is 13.2 Å². The molecular weight excluding hydrogens is 364 g/mol. The zero-order valence-corrected chi connectivity index (χ0v) is 15.8. The molecule has 7 heteroatoms. The van der Waals surface area contributed by atoms with Crippen molar-refractivity contribution in [2.75, 3.05) is 13.1 Å². The van der Waals surface area contributed by atoms with Gasteiger partial charge in [0.05, 0.1) is 22.1 Å². The molecule has 6 nitrogen and oxygen atoms in total. The van der Waals surface area contributed by atoms with Crippen LogP contribution in [0.4, 0.5) is 0 Å². The van der Waals surface area contributed by atoms with Gasteiger partial charge in [0.1, 0.15) is 5.75 Å². The maximum atomic E-state index is 12.7. The summed E-state index contributed by atoms with van der Waals surface area (Å²) >= 11 is 0. The van der Waals surface area contributed by atoms with Crippen molar-refractivity contribution in [2.45, 2.75) is 24.7 Å². The first kappa shape index (κ1) is 19.1. The van der Waals surface area contributed by atoms with Gasteiger partial charge in [-0.25, -0.2) is 13.2 Å². The fourth-order valence-electron chi connectivity index (χ4n) is 2.90. The maximum absolute atomic E-state index is 12.7. The summed E-state index contributed by atoms with van der Waals surface area (Å²) in [6.45, 7) is 3.16. The summed E-state index contributed by atoms with van der Waals surface area (Å²) in [6, 6.07) is 13.9. The number of nitrogens with zero attached hydrogens (tertiary/aromatic N) is 2. The number of sulfonamides is 1. The third-order valence-corrected chi connectivity index (χ3v) is 6.58. The SMILES string of the molecule is CC1CCN(S(=O)(=O)c2ccc(C(=O)Oc3ccc(C#N)cc3)cc2)CC1. The Kier molecular flexibility index (Phi) is 5.59. The molecule has 0 N–H and O–H groups in total. The summed E-state index contributed by atoms with van der Waals surface area (Å²) in [6.07, 6.45) is 1.71. The fraction of sp³-hybridized carbons (Fsp3) is 0.300. The van der Waals surface area contributed by atoms with Gasteiger partial charge in [0.25, 0.3) is 0 Å². The number of hydrogen-bond acceptors (Lipinski definition) is 5. The van der Waals surface area contributed by atoms with E-state index in [-0.39, 0.29) is 10.5 Å². The monoisotopic (exact) mass is 384 g/mol. The van der Waals surface area contributed by atoms with Gasteiger partial charge in [-0.3, -0.25) is 0 Å². The van der Waals surface area contributed by atoms with E-state index in [0.29, 0.717) is 30.3 Å². The van der Waals surface area contributed by atoms with Crippen LogP contribution in [0.15, 0.2) is 53.4 Å². The molecule has 0 aromatic heterocycles. The van der Waals surface area contributed by atoms with Crippen molar-refractivity contribution in [3.8, 4) is 11.8 Å². The molecule has 0 unspecified atom stereocenters. The van der Waals surface area contributed by atoms with Crippen LogP contribution in [0.25, 0.3) is 0 Å². The molecule has 3 rings (SSSR count). The zero-order chi connectivity index (χ0) is 19.4. The van der Waals surface area contributed by atoms with Crippen LogP contribution in [-0.4, -0.2) is 31.8 Å². The van der Waals surface area contributed by atoms with Crippen molar-refractivity contribution in [1.82, 2.24) is 4.31 Å². The van der Waals surface area contributed by atoms with Crippen LogP contribution in [0.3, 0.4) is 0 Å². The Labute approximate surface area is 159 Å². The standard InChI is InChI=1S/C20H20N2O4S/c1-15-10-12-22(13-11-15)27(24,25)19-8-4-17(5-9-19)20(23)26-18-6-2-16(14-21)3-7-18/h2-9,15H,10-13H2,1H3. The minimum Gasteiger partial charge on any atom is -0.423 e. The minimum atomic E-state index is -3.54. The van der Waals surface area contributed by atoms with Crippen LogP contribution < -0.4 is 4.74 Å². The summed E-state index contributed by atoms with van der Waals surface area (Å²) < 4.78 is 32.2. The lowest BCUT2D eigenvalue weighted by Crippen LogP contribution is -2.37. The Morgan fingerprint density at radius 1 is 1.07 bits per heavy atom. The van der Waals surface area contributed by atoms with Crippen LogP contribution in [-0.2, 0) is 10.0 Å². The molecule has 2 aromatic rings. The lowest BCUT2D eigenvalue weighted by atomic mass is 10.0. The highest BCUT2D eigenvalue weighted by molar-refractivity contribution is 7.89. The molecule has 0 amide bonds. The third kappa shape index (κ3) is 4.35. The number of carbonyl (C=O) groups excluding carboxylic acids is 1. The van der Waals surface area contributed by atoms with Crippen LogP contribution in [0.5, 0.6) is 5.75 Å². The number of carbonyl (C=O) groups is 1. The normalized spacial score (nSPS) is 15.9. The van der Waals surface area contributed by atoms with Crippen LogP contribution in [0, 0.1) is 17.2 Å². The van der Waals surface area contributed by atoms with E-state index in [4.69, 9.17) is 10.00 Å². The highest BCUT2D eigenvalue weighted by Gasteiger charge is 2.28. The molecule has 0 atom stereocenters. The first-order valence-electron chi connectivity index (χ1n) is 8.73. The van der Waals surface area contributed by atoms with Crippen molar-refractivity contribution >= 4 is 16.0 Å². The Morgan fingerprint density at radius 3 is 2.22 bits per heavy atom. The molecule has 0 spiro atoms. The molecule has 0 radical (unpaired) electrons. The number of piperidine rings is 1. The third-order valence-electron chi connectivity index (χ3n) is 4.66. The lowest BCUT2D eigenvalue weighted by Gasteiger charge is -2.29. The summed E-state index contributed by atoms with van der Waals surface area (Å²) in [5, 5.41) is 8.78. The van der Waals surface area contributed by atoms with Crippen molar-refractivity contribution in [3.05, 3.63) is 59.7 Å². The molecule has 27 heavy (non-hydrogen) atoms. The quantitative estimate of drug-likeness (QED) is 0.597. The van der Waals surface area contributed by atoms with E-state index in [1.165, 1.54) is 40.7 Å². The second kappa shape index (κ2) is 7.91. The van der Waals surface area contributed by atoms with Gasteiger partial charge in [-0.1, -0.05) is 6.92 Å². The first-order chi connectivity index (χ1) is 12.9. The Hall–Kier alpha value is -2.69. The van der Waals surface area contributed by atoms with Gasteiger partial charge in [0, 0.05) is 13.1 Å². The molecule has 0 saturated carbocycles. The highest BCUT2D eigenvalue weighted by Crippen LogP contribution is 2.24. The predicted molar refractivity (Wildman–Crippen MR) is 99.7 cm³/mol. The van der Waals surface area contributed by atoms with Gasteiger partial charge in [0.15, 0.2) is 0 Å². The van der Waals surface area contributed by atoms with Crippen LogP contribution >= 0.6 is 0 Å². The van der Waals surface area contributed by atoms with Gasteiger partial charge < -0.3 is 4.74 Å². The molecule has 0 aliphatic carbocycles. The van der Waals surface area contributed by atoms with Crippen molar-refractivity contribution < 1.29 is 17.9 Å².